The van der Waals surface area contributed by atoms with E-state index in [1.807, 2.05) is 0 Å². The van der Waals surface area contributed by atoms with Gasteiger partial charge in [-0.3, -0.25) is 4.79 Å². The number of nitrogens with zero attached hydrogens (tertiary/aromatic N) is 2. The molecule has 1 aliphatic heterocycles. The summed E-state index contributed by atoms with van der Waals surface area (Å²) in [5.41, 5.74) is 10.8. The van der Waals surface area contributed by atoms with E-state index in [-0.39, 0.29) is 35.7 Å². The van der Waals surface area contributed by atoms with Crippen LogP contribution in [0.15, 0.2) is 36.4 Å². The summed E-state index contributed by atoms with van der Waals surface area (Å²) in [5, 5.41) is 0. The maximum atomic E-state index is 13.0. The molecule has 2 heterocycles. The molecule has 0 saturated carbocycles. The average Bonchev–Trinajstić information content (AvgIpc) is 3.06. The number of rotatable bonds is 4. The highest BCUT2D eigenvalue weighted by Gasteiger charge is 2.33. The fourth-order valence-corrected chi connectivity index (χ4v) is 2.84. The smallest absolute Gasteiger partial charge is 0.433 e. The largest absolute Gasteiger partial charge is 0.439 e. The van der Waals surface area contributed by atoms with Crippen molar-refractivity contribution in [3.8, 4) is 11.6 Å². The van der Waals surface area contributed by atoms with Crippen molar-refractivity contribution in [1.82, 2.24) is 9.88 Å². The van der Waals surface area contributed by atoms with Crippen molar-refractivity contribution < 1.29 is 22.7 Å². The number of ether oxygens (including phenoxy) is 1. The van der Waals surface area contributed by atoms with Crippen LogP contribution in [0.2, 0.25) is 0 Å². The highest BCUT2D eigenvalue weighted by atomic mass is 19.4. The number of pyridine rings is 1. The molecular formula is C18H19F3N4O2. The molecule has 2 aromatic rings. The molecule has 1 aliphatic rings. The Bertz CT molecular complexity index is 842. The van der Waals surface area contributed by atoms with Gasteiger partial charge in [0.25, 0.3) is 5.91 Å². The monoisotopic (exact) mass is 380 g/mol. The quantitative estimate of drug-likeness (QED) is 0.850. The molecule has 1 atom stereocenters. The minimum absolute atomic E-state index is 0.0441. The zero-order chi connectivity index (χ0) is 19.6. The highest BCUT2D eigenvalue weighted by Crippen LogP contribution is 2.31. The number of halogens is 3. The maximum Gasteiger partial charge on any atom is 0.433 e. The van der Waals surface area contributed by atoms with E-state index in [0.717, 1.165) is 12.5 Å². The maximum absolute atomic E-state index is 13.0. The molecule has 3 rings (SSSR count). The van der Waals surface area contributed by atoms with E-state index in [1.165, 1.54) is 18.2 Å². The van der Waals surface area contributed by atoms with Gasteiger partial charge in [0.2, 0.25) is 5.88 Å². The van der Waals surface area contributed by atoms with Crippen molar-refractivity contribution in [3.63, 3.8) is 0 Å². The van der Waals surface area contributed by atoms with Crippen LogP contribution >= 0.6 is 0 Å². The molecule has 1 amide bonds. The Morgan fingerprint density at radius 1 is 1.30 bits per heavy atom. The second-order valence-electron chi connectivity index (χ2n) is 6.33. The van der Waals surface area contributed by atoms with Crippen molar-refractivity contribution >= 4 is 5.91 Å². The number of carbonyl (C=O) groups excluding carboxylic acids is 1. The third-order valence-electron chi connectivity index (χ3n) is 4.20. The third kappa shape index (κ3) is 4.55. The average molecular weight is 380 g/mol. The molecule has 27 heavy (non-hydrogen) atoms. The molecule has 9 heteroatoms. The van der Waals surface area contributed by atoms with Gasteiger partial charge >= 0.3 is 6.18 Å². The van der Waals surface area contributed by atoms with E-state index in [4.69, 9.17) is 16.2 Å². The fourth-order valence-electron chi connectivity index (χ4n) is 2.84. The number of likely N-dealkylation sites (tertiary alicyclic amines) is 1. The van der Waals surface area contributed by atoms with Gasteiger partial charge in [0.1, 0.15) is 11.4 Å². The molecule has 0 radical (unpaired) electrons. The Balaban J connectivity index is 1.83. The number of amides is 1. The first-order chi connectivity index (χ1) is 12.8. The highest BCUT2D eigenvalue weighted by molar-refractivity contribution is 5.94. The van der Waals surface area contributed by atoms with E-state index < -0.39 is 11.9 Å². The van der Waals surface area contributed by atoms with Gasteiger partial charge in [0, 0.05) is 37.3 Å². The van der Waals surface area contributed by atoms with Crippen molar-refractivity contribution in [2.45, 2.75) is 25.2 Å². The van der Waals surface area contributed by atoms with Crippen LogP contribution in [0.25, 0.3) is 0 Å². The standard InChI is InChI=1S/C18H19F3N4O2/c19-18(20,21)15-6-11(9-22)7-16(24-15)27-14-3-1-2-12(8-14)17(26)25-5-4-13(23)10-25/h1-3,6-8,13H,4-5,9-10,22-23H2. The van der Waals surface area contributed by atoms with Gasteiger partial charge < -0.3 is 21.1 Å². The minimum atomic E-state index is -4.62. The molecule has 6 nitrogen and oxygen atoms in total. The molecule has 1 unspecified atom stereocenters. The van der Waals surface area contributed by atoms with Crippen LogP contribution in [0.1, 0.15) is 28.0 Å². The van der Waals surface area contributed by atoms with E-state index in [9.17, 15) is 18.0 Å². The first kappa shape index (κ1) is 19.1. The Hall–Kier alpha value is -2.65. The Kier molecular flexibility index (Phi) is 5.33. The van der Waals surface area contributed by atoms with Gasteiger partial charge in [0.15, 0.2) is 0 Å². The van der Waals surface area contributed by atoms with Crippen LogP contribution in [-0.4, -0.2) is 34.9 Å². The van der Waals surface area contributed by atoms with Crippen molar-refractivity contribution in [3.05, 3.63) is 53.2 Å². The Morgan fingerprint density at radius 3 is 2.70 bits per heavy atom. The summed E-state index contributed by atoms with van der Waals surface area (Å²) >= 11 is 0. The van der Waals surface area contributed by atoms with E-state index >= 15 is 0 Å². The van der Waals surface area contributed by atoms with Gasteiger partial charge in [-0.25, -0.2) is 4.98 Å². The summed E-state index contributed by atoms with van der Waals surface area (Å²) in [6.07, 6.45) is -3.88. The molecule has 1 aromatic carbocycles. The molecule has 0 spiro atoms. The molecular weight excluding hydrogens is 361 g/mol. The summed E-state index contributed by atoms with van der Waals surface area (Å²) in [5.74, 6) is -0.231. The lowest BCUT2D eigenvalue weighted by Crippen LogP contribution is -2.31. The lowest BCUT2D eigenvalue weighted by atomic mass is 10.2. The molecule has 1 saturated heterocycles. The van der Waals surface area contributed by atoms with Gasteiger partial charge in [-0.2, -0.15) is 13.2 Å². The first-order valence-corrected chi connectivity index (χ1v) is 8.37. The summed E-state index contributed by atoms with van der Waals surface area (Å²) in [6, 6.07) is 8.39. The summed E-state index contributed by atoms with van der Waals surface area (Å²) in [7, 11) is 0. The SMILES string of the molecule is NCc1cc(Oc2cccc(C(=O)N3CCC(N)C3)c2)nc(C(F)(F)F)c1. The van der Waals surface area contributed by atoms with Crippen LogP contribution in [0.4, 0.5) is 13.2 Å². The number of hydrogen-bond donors (Lipinski definition) is 2. The predicted molar refractivity (Wildman–Crippen MR) is 92.1 cm³/mol. The van der Waals surface area contributed by atoms with Crippen molar-refractivity contribution in [2.24, 2.45) is 11.5 Å². The summed E-state index contributed by atoms with van der Waals surface area (Å²) in [6.45, 7) is 0.953. The number of nitrogens with two attached hydrogens (primary N) is 2. The zero-order valence-corrected chi connectivity index (χ0v) is 14.4. The van der Waals surface area contributed by atoms with Crippen molar-refractivity contribution in [2.75, 3.05) is 13.1 Å². The molecule has 1 aromatic heterocycles. The topological polar surface area (TPSA) is 94.5 Å². The number of carbonyl (C=O) groups is 1. The second-order valence-corrected chi connectivity index (χ2v) is 6.33. The number of benzene rings is 1. The number of aromatic nitrogens is 1. The third-order valence-corrected chi connectivity index (χ3v) is 4.20. The second kappa shape index (κ2) is 7.53. The number of hydrogen-bond acceptors (Lipinski definition) is 5. The lowest BCUT2D eigenvalue weighted by Gasteiger charge is -2.16. The van der Waals surface area contributed by atoms with E-state index in [1.54, 1.807) is 17.0 Å². The Labute approximate surface area is 153 Å². The zero-order valence-electron chi connectivity index (χ0n) is 14.4. The predicted octanol–water partition coefficient (Wildman–Crippen LogP) is 2.52. The van der Waals surface area contributed by atoms with Crippen LogP contribution in [0.5, 0.6) is 11.6 Å². The van der Waals surface area contributed by atoms with Gasteiger partial charge in [-0.1, -0.05) is 6.07 Å². The van der Waals surface area contributed by atoms with E-state index in [0.29, 0.717) is 18.7 Å². The van der Waals surface area contributed by atoms with Crippen LogP contribution in [0.3, 0.4) is 0 Å². The lowest BCUT2D eigenvalue weighted by molar-refractivity contribution is -0.141. The first-order valence-electron chi connectivity index (χ1n) is 8.37. The Morgan fingerprint density at radius 2 is 2.07 bits per heavy atom. The van der Waals surface area contributed by atoms with Gasteiger partial charge in [-0.15, -0.1) is 0 Å². The van der Waals surface area contributed by atoms with E-state index in [2.05, 4.69) is 4.98 Å². The summed E-state index contributed by atoms with van der Waals surface area (Å²) < 4.78 is 44.4. The van der Waals surface area contributed by atoms with Crippen LogP contribution in [-0.2, 0) is 12.7 Å². The van der Waals surface area contributed by atoms with Gasteiger partial charge in [-0.05, 0) is 36.2 Å². The summed E-state index contributed by atoms with van der Waals surface area (Å²) in [4.78, 5) is 17.6. The van der Waals surface area contributed by atoms with Gasteiger partial charge in [0.05, 0.1) is 0 Å². The molecule has 0 aliphatic carbocycles. The number of alkyl halides is 3. The normalized spacial score (nSPS) is 17.2. The van der Waals surface area contributed by atoms with Crippen LogP contribution in [0, 0.1) is 0 Å². The van der Waals surface area contributed by atoms with Crippen LogP contribution < -0.4 is 16.2 Å². The molecule has 0 bridgehead atoms. The fraction of sp³-hybridized carbons (Fsp3) is 0.333. The molecule has 4 N–H and O–H groups in total. The minimum Gasteiger partial charge on any atom is -0.439 e. The van der Waals surface area contributed by atoms with Crippen molar-refractivity contribution in [1.29, 1.82) is 0 Å². The molecule has 144 valence electrons. The molecule has 1 fully saturated rings.